The summed E-state index contributed by atoms with van der Waals surface area (Å²) < 4.78 is 48.9. The van der Waals surface area contributed by atoms with Crippen molar-refractivity contribution >= 4 is 29.6 Å². The molecule has 0 saturated carbocycles. The summed E-state index contributed by atoms with van der Waals surface area (Å²) in [4.78, 5) is 13.1. The largest absolute Gasteiger partial charge is 0.493 e. The van der Waals surface area contributed by atoms with Crippen LogP contribution in [0.2, 0.25) is 0 Å². The van der Waals surface area contributed by atoms with Gasteiger partial charge in [-0.25, -0.2) is 9.88 Å². The van der Waals surface area contributed by atoms with E-state index in [1.165, 1.54) is 0 Å². The minimum absolute atomic E-state index is 0.0273. The average Bonchev–Trinajstić information content (AvgIpc) is 3.56. The quantitative estimate of drug-likeness (QED) is 0.211. The number of nitrogens with one attached hydrogen (secondary N) is 1. The Hall–Kier alpha value is -4.20. The molecule has 2 aliphatic rings. The molecule has 0 aliphatic carbocycles. The van der Waals surface area contributed by atoms with Gasteiger partial charge in [-0.1, -0.05) is 18.2 Å². The lowest BCUT2D eigenvalue weighted by Crippen LogP contribution is -2.28. The molecule has 4 aromatic rings. The van der Waals surface area contributed by atoms with E-state index in [9.17, 15) is 9.36 Å². The smallest absolute Gasteiger partial charge is 0.347 e. The molecule has 0 fully saturated rings. The molecule has 0 radical (unpaired) electrons. The van der Waals surface area contributed by atoms with E-state index in [4.69, 9.17) is 28.2 Å². The molecule has 2 aliphatic heterocycles. The summed E-state index contributed by atoms with van der Waals surface area (Å²) in [7, 11) is -0.537. The van der Waals surface area contributed by atoms with Crippen LogP contribution in [0.15, 0.2) is 60.7 Å². The van der Waals surface area contributed by atoms with Crippen molar-refractivity contribution in [2.75, 3.05) is 21.0 Å². The maximum absolute atomic E-state index is 14.5. The lowest BCUT2D eigenvalue weighted by atomic mass is 9.89. The third-order valence-corrected chi connectivity index (χ3v) is 9.07. The Morgan fingerprint density at radius 3 is 2.25 bits per heavy atom. The summed E-state index contributed by atoms with van der Waals surface area (Å²) in [5.74, 6) is 1.75. The number of esters is 1. The molecule has 9 nitrogen and oxygen atoms in total. The van der Waals surface area contributed by atoms with E-state index in [0.29, 0.717) is 50.4 Å². The SMILES string of the molecule is COc1cc2cc3c(c(-c4cc5c(cc4OP(=O)(NC(C)C)c4ccccc4)OCO5)c2cc1OC)C(=O)OC3. The lowest BCUT2D eigenvalue weighted by molar-refractivity contribution is 0.0535. The van der Waals surface area contributed by atoms with Crippen molar-refractivity contribution in [3.63, 3.8) is 0 Å². The normalized spacial score (nSPS) is 15.1. The molecule has 0 amide bonds. The lowest BCUT2D eigenvalue weighted by Gasteiger charge is -2.25. The van der Waals surface area contributed by atoms with Gasteiger partial charge < -0.3 is 28.2 Å². The van der Waals surface area contributed by atoms with E-state index in [1.807, 2.05) is 38.1 Å². The summed E-state index contributed by atoms with van der Waals surface area (Å²) in [5, 5.41) is 5.14. The van der Waals surface area contributed by atoms with Crippen molar-refractivity contribution in [1.82, 2.24) is 5.09 Å². The van der Waals surface area contributed by atoms with Gasteiger partial charge >= 0.3 is 13.5 Å². The molecule has 1 unspecified atom stereocenters. The van der Waals surface area contributed by atoms with Crippen molar-refractivity contribution in [2.45, 2.75) is 26.5 Å². The minimum Gasteiger partial charge on any atom is -0.493 e. The van der Waals surface area contributed by atoms with Gasteiger partial charge in [-0.3, -0.25) is 4.57 Å². The average molecular weight is 562 g/mol. The number of carbonyl (C=O) groups excluding carboxylic acids is 1. The van der Waals surface area contributed by atoms with Crippen LogP contribution in [0, 0.1) is 0 Å². The number of ether oxygens (including phenoxy) is 5. The molecule has 1 atom stereocenters. The van der Waals surface area contributed by atoms with Crippen LogP contribution in [0.4, 0.5) is 0 Å². The number of fused-ring (bicyclic) bond motifs is 3. The maximum atomic E-state index is 14.5. The second kappa shape index (κ2) is 10.1. The molecule has 0 spiro atoms. The topological polar surface area (TPSA) is 102 Å². The van der Waals surface area contributed by atoms with Crippen LogP contribution < -0.4 is 33.9 Å². The van der Waals surface area contributed by atoms with E-state index in [1.54, 1.807) is 50.6 Å². The molecule has 206 valence electrons. The zero-order valence-corrected chi connectivity index (χ0v) is 23.4. The predicted molar refractivity (Wildman–Crippen MR) is 150 cm³/mol. The van der Waals surface area contributed by atoms with Crippen molar-refractivity contribution in [1.29, 1.82) is 0 Å². The molecule has 6 rings (SSSR count). The molecular weight excluding hydrogens is 533 g/mol. The highest BCUT2D eigenvalue weighted by Gasteiger charge is 2.34. The van der Waals surface area contributed by atoms with Crippen LogP contribution in [0.1, 0.15) is 29.8 Å². The van der Waals surface area contributed by atoms with Crippen LogP contribution in [-0.2, 0) is 15.9 Å². The maximum Gasteiger partial charge on any atom is 0.347 e. The number of methoxy groups -OCH3 is 2. The fourth-order valence-electron chi connectivity index (χ4n) is 5.08. The zero-order chi connectivity index (χ0) is 28.0. The Morgan fingerprint density at radius 2 is 1.55 bits per heavy atom. The third-order valence-electron chi connectivity index (χ3n) is 6.78. The van der Waals surface area contributed by atoms with Crippen LogP contribution in [0.3, 0.4) is 0 Å². The fourth-order valence-corrected chi connectivity index (χ4v) is 7.06. The number of cyclic esters (lactones) is 1. The highest BCUT2D eigenvalue weighted by Crippen LogP contribution is 2.53. The Kier molecular flexibility index (Phi) is 6.56. The van der Waals surface area contributed by atoms with Gasteiger partial charge in [0.15, 0.2) is 23.0 Å². The summed E-state index contributed by atoms with van der Waals surface area (Å²) >= 11 is 0. The van der Waals surface area contributed by atoms with Crippen molar-refractivity contribution in [3.05, 3.63) is 71.8 Å². The first-order valence-corrected chi connectivity index (χ1v) is 14.4. The van der Waals surface area contributed by atoms with Gasteiger partial charge in [-0.05, 0) is 61.0 Å². The molecule has 0 aromatic heterocycles. The van der Waals surface area contributed by atoms with Gasteiger partial charge in [0.1, 0.15) is 12.4 Å². The van der Waals surface area contributed by atoms with E-state index < -0.39 is 13.5 Å². The molecule has 0 saturated heterocycles. The predicted octanol–water partition coefficient (Wildman–Crippen LogP) is 5.82. The first kappa shape index (κ1) is 26.0. The monoisotopic (exact) mass is 561 g/mol. The second-order valence-corrected chi connectivity index (χ2v) is 11.8. The molecule has 1 N–H and O–H groups in total. The van der Waals surface area contributed by atoms with Gasteiger partial charge in [0, 0.05) is 28.8 Å². The van der Waals surface area contributed by atoms with E-state index in [0.717, 1.165) is 10.9 Å². The van der Waals surface area contributed by atoms with E-state index in [2.05, 4.69) is 5.09 Å². The summed E-state index contributed by atoms with van der Waals surface area (Å²) in [6.45, 7) is 3.95. The van der Waals surface area contributed by atoms with Gasteiger partial charge in [-0.2, -0.15) is 0 Å². The second-order valence-electron chi connectivity index (χ2n) is 9.75. The summed E-state index contributed by atoms with van der Waals surface area (Å²) in [6.07, 6.45) is 0. The fraction of sp³-hybridized carbons (Fsp3) is 0.233. The first-order chi connectivity index (χ1) is 19.3. The number of hydrogen-bond acceptors (Lipinski definition) is 8. The number of hydrogen-bond donors (Lipinski definition) is 1. The summed E-state index contributed by atoms with van der Waals surface area (Å²) in [6, 6.07) is 17.8. The third kappa shape index (κ3) is 4.41. The number of rotatable bonds is 8. The van der Waals surface area contributed by atoms with Crippen molar-refractivity contribution in [3.8, 4) is 39.9 Å². The highest BCUT2D eigenvalue weighted by molar-refractivity contribution is 7.65. The van der Waals surface area contributed by atoms with Gasteiger partial charge in [0.2, 0.25) is 6.79 Å². The number of benzene rings is 4. The van der Waals surface area contributed by atoms with Crippen LogP contribution in [0.25, 0.3) is 21.9 Å². The molecule has 40 heavy (non-hydrogen) atoms. The van der Waals surface area contributed by atoms with Gasteiger partial charge in [0.05, 0.1) is 25.1 Å². The van der Waals surface area contributed by atoms with Crippen molar-refractivity contribution in [2.24, 2.45) is 0 Å². The molecule has 10 heteroatoms. The molecule has 0 bridgehead atoms. The Balaban J connectivity index is 1.65. The minimum atomic E-state index is -3.65. The first-order valence-electron chi connectivity index (χ1n) is 12.8. The standard InChI is InChI=1S/C30H28NO8P/c1-17(2)31-40(33,20-8-6-5-7-9-20)39-23-14-27-26(37-16-38-27)13-22(23)29-21-12-25(35-4)24(34-3)11-18(21)10-19-15-36-30(32)28(19)29/h5-14,17H,15-16H2,1-4H3,(H,31,33). The van der Waals surface area contributed by atoms with E-state index >= 15 is 0 Å². The van der Waals surface area contributed by atoms with Gasteiger partial charge in [0.25, 0.3) is 0 Å². The molecule has 2 heterocycles. The Labute approximate surface area is 231 Å². The van der Waals surface area contributed by atoms with Crippen LogP contribution in [0.5, 0.6) is 28.7 Å². The van der Waals surface area contributed by atoms with E-state index in [-0.39, 0.29) is 25.2 Å². The molecular formula is C30H28NO8P. The van der Waals surface area contributed by atoms with Crippen molar-refractivity contribution < 1.29 is 37.6 Å². The Morgan fingerprint density at radius 1 is 0.850 bits per heavy atom. The van der Waals surface area contributed by atoms with Crippen LogP contribution in [-0.4, -0.2) is 33.0 Å². The molecule has 4 aromatic carbocycles. The number of carbonyl (C=O) groups is 1. The van der Waals surface area contributed by atoms with Gasteiger partial charge in [-0.15, -0.1) is 0 Å². The van der Waals surface area contributed by atoms with Crippen LogP contribution >= 0.6 is 7.52 Å². The zero-order valence-electron chi connectivity index (χ0n) is 22.5. The highest BCUT2D eigenvalue weighted by atomic mass is 31.2. The Bertz CT molecular complexity index is 1690. The summed E-state index contributed by atoms with van der Waals surface area (Å²) in [5.41, 5.74) is 2.16.